The maximum atomic E-state index is 12.8. The van der Waals surface area contributed by atoms with Crippen molar-refractivity contribution in [2.24, 2.45) is 17.8 Å². The summed E-state index contributed by atoms with van der Waals surface area (Å²) in [6, 6.07) is 9.46. The molecule has 1 aromatic rings. The maximum absolute atomic E-state index is 12.8. The number of aliphatic hydroxyl groups excluding tert-OH is 1. The van der Waals surface area contributed by atoms with Crippen LogP contribution in [0, 0.1) is 17.8 Å². The van der Waals surface area contributed by atoms with Crippen molar-refractivity contribution in [3.8, 4) is 0 Å². The highest BCUT2D eigenvalue weighted by Gasteiger charge is 2.37. The van der Waals surface area contributed by atoms with Crippen LogP contribution in [-0.4, -0.2) is 29.3 Å². The Kier molecular flexibility index (Phi) is 9.50. The van der Waals surface area contributed by atoms with Crippen LogP contribution < -0.4 is 0 Å². The van der Waals surface area contributed by atoms with Gasteiger partial charge in [0.05, 0.1) is 11.8 Å². The zero-order valence-corrected chi connectivity index (χ0v) is 17.2. The van der Waals surface area contributed by atoms with Gasteiger partial charge in [0.25, 0.3) is 0 Å². The molecule has 0 bridgehead atoms. The second-order valence-corrected chi connectivity index (χ2v) is 8.34. The van der Waals surface area contributed by atoms with E-state index in [2.05, 4.69) is 0 Å². The third-order valence-electron chi connectivity index (χ3n) is 4.12. The van der Waals surface area contributed by atoms with Gasteiger partial charge in [0, 0.05) is 6.61 Å². The molecule has 0 radical (unpaired) electrons. The molecule has 1 N–H and O–H groups in total. The van der Waals surface area contributed by atoms with Crippen LogP contribution in [-0.2, 0) is 25.7 Å². The molecule has 1 rings (SSSR count). The van der Waals surface area contributed by atoms with Crippen LogP contribution in [0.4, 0.5) is 0 Å². The van der Waals surface area contributed by atoms with Gasteiger partial charge in [0.1, 0.15) is 12.2 Å². The van der Waals surface area contributed by atoms with E-state index in [0.717, 1.165) is 5.56 Å². The minimum Gasteiger partial charge on any atom is -0.461 e. The molecule has 0 unspecified atom stereocenters. The average molecular weight is 379 g/mol. The quantitative estimate of drug-likeness (QED) is 0.620. The number of rotatable bonds is 10. The van der Waals surface area contributed by atoms with Crippen molar-refractivity contribution in [2.75, 3.05) is 6.61 Å². The summed E-state index contributed by atoms with van der Waals surface area (Å²) < 4.78 is 11.1. The first kappa shape index (κ1) is 23.2. The van der Waals surface area contributed by atoms with Crippen LogP contribution in [0.2, 0.25) is 0 Å². The molecule has 0 saturated heterocycles. The number of hydrogen-bond donors (Lipinski definition) is 1. The van der Waals surface area contributed by atoms with Crippen molar-refractivity contribution in [2.45, 2.75) is 66.1 Å². The lowest BCUT2D eigenvalue weighted by Gasteiger charge is -2.29. The summed E-state index contributed by atoms with van der Waals surface area (Å²) in [7, 11) is 0. The fourth-order valence-electron chi connectivity index (χ4n) is 2.94. The van der Waals surface area contributed by atoms with Crippen molar-refractivity contribution < 1.29 is 24.2 Å². The first-order valence-electron chi connectivity index (χ1n) is 9.68. The van der Waals surface area contributed by atoms with Crippen molar-refractivity contribution in [3.63, 3.8) is 0 Å². The molecule has 0 saturated carbocycles. The third kappa shape index (κ3) is 9.05. The summed E-state index contributed by atoms with van der Waals surface area (Å²) in [5.74, 6) is -1.78. The van der Waals surface area contributed by atoms with Crippen molar-refractivity contribution in [1.82, 2.24) is 0 Å². The van der Waals surface area contributed by atoms with Gasteiger partial charge in [-0.15, -0.1) is 0 Å². The highest BCUT2D eigenvalue weighted by atomic mass is 16.6. The summed E-state index contributed by atoms with van der Waals surface area (Å²) in [6.07, 6.45) is 1.36. The monoisotopic (exact) mass is 378 g/mol. The van der Waals surface area contributed by atoms with Crippen LogP contribution in [0.5, 0.6) is 0 Å². The summed E-state index contributed by atoms with van der Waals surface area (Å²) in [5.41, 5.74) is 0.267. The zero-order valence-electron chi connectivity index (χ0n) is 17.2. The Labute approximate surface area is 163 Å². The topological polar surface area (TPSA) is 72.8 Å². The summed E-state index contributed by atoms with van der Waals surface area (Å²) in [4.78, 5) is 25.6. The molecular formula is C22H34O5. The lowest BCUT2D eigenvalue weighted by Crippen LogP contribution is -2.37. The molecule has 0 aromatic heterocycles. The molecule has 0 heterocycles. The molecule has 5 nitrogen and oxygen atoms in total. The maximum Gasteiger partial charge on any atom is 0.310 e. The van der Waals surface area contributed by atoms with Crippen molar-refractivity contribution in [1.29, 1.82) is 0 Å². The standard InChI is InChI=1S/C22H34O5/c1-16(2)14-19(20(24)26-15-17-10-7-6-8-11-17)18(12-9-13-23)21(25)27-22(3,4)5/h6-8,10-11,16,18-19,23H,9,12-15H2,1-5H3/t18-,19+/m0/s1. The third-order valence-corrected chi connectivity index (χ3v) is 4.12. The molecule has 0 aliphatic carbocycles. The number of benzene rings is 1. The van der Waals surface area contributed by atoms with Crippen LogP contribution in [0.25, 0.3) is 0 Å². The molecule has 0 fully saturated rings. The minimum absolute atomic E-state index is 0.0350. The number of aliphatic hydroxyl groups is 1. The molecule has 1 aromatic carbocycles. The largest absolute Gasteiger partial charge is 0.461 e. The van der Waals surface area contributed by atoms with Gasteiger partial charge in [0.15, 0.2) is 0 Å². The van der Waals surface area contributed by atoms with Crippen LogP contribution in [0.15, 0.2) is 30.3 Å². The van der Waals surface area contributed by atoms with Gasteiger partial charge in [0.2, 0.25) is 0 Å². The van der Waals surface area contributed by atoms with E-state index in [4.69, 9.17) is 9.47 Å². The van der Waals surface area contributed by atoms with Crippen LogP contribution in [0.1, 0.15) is 59.4 Å². The number of ether oxygens (including phenoxy) is 2. The van der Waals surface area contributed by atoms with Crippen molar-refractivity contribution in [3.05, 3.63) is 35.9 Å². The lowest BCUT2D eigenvalue weighted by atomic mass is 9.82. The van der Waals surface area contributed by atoms with Gasteiger partial charge in [-0.3, -0.25) is 9.59 Å². The highest BCUT2D eigenvalue weighted by Crippen LogP contribution is 2.29. The van der Waals surface area contributed by atoms with E-state index in [1.807, 2.05) is 44.2 Å². The van der Waals surface area contributed by atoms with E-state index in [0.29, 0.717) is 19.3 Å². The zero-order chi connectivity index (χ0) is 20.4. The fraction of sp³-hybridized carbons (Fsp3) is 0.636. The first-order valence-corrected chi connectivity index (χ1v) is 9.68. The molecule has 0 aliphatic heterocycles. The van der Waals surface area contributed by atoms with Gasteiger partial charge < -0.3 is 14.6 Å². The van der Waals surface area contributed by atoms with Crippen LogP contribution >= 0.6 is 0 Å². The highest BCUT2D eigenvalue weighted by molar-refractivity contribution is 5.82. The Morgan fingerprint density at radius 3 is 2.19 bits per heavy atom. The Balaban J connectivity index is 2.94. The Morgan fingerprint density at radius 2 is 1.67 bits per heavy atom. The molecular weight excluding hydrogens is 344 g/mol. The first-order chi connectivity index (χ1) is 12.6. The molecule has 0 amide bonds. The number of carbonyl (C=O) groups excluding carboxylic acids is 2. The van der Waals surface area contributed by atoms with E-state index >= 15 is 0 Å². The van der Waals surface area contributed by atoms with Gasteiger partial charge in [-0.1, -0.05) is 44.2 Å². The van der Waals surface area contributed by atoms with Gasteiger partial charge in [-0.25, -0.2) is 0 Å². The Bertz CT molecular complexity index is 574. The fourth-order valence-corrected chi connectivity index (χ4v) is 2.94. The molecule has 27 heavy (non-hydrogen) atoms. The van der Waals surface area contributed by atoms with E-state index < -0.39 is 23.4 Å². The average Bonchev–Trinajstić information content (AvgIpc) is 2.58. The molecule has 0 aliphatic rings. The number of hydrogen-bond acceptors (Lipinski definition) is 5. The molecule has 0 spiro atoms. The Morgan fingerprint density at radius 1 is 1.04 bits per heavy atom. The molecule has 152 valence electrons. The SMILES string of the molecule is CC(C)C[C@@H](C(=O)OCc1ccccc1)[C@H](CCCO)C(=O)OC(C)(C)C. The minimum atomic E-state index is -0.634. The normalized spacial score (nSPS) is 13.9. The smallest absolute Gasteiger partial charge is 0.310 e. The Hall–Kier alpha value is -1.88. The molecule has 2 atom stereocenters. The lowest BCUT2D eigenvalue weighted by molar-refractivity contribution is -0.169. The van der Waals surface area contributed by atoms with E-state index in [1.165, 1.54) is 0 Å². The van der Waals surface area contributed by atoms with Gasteiger partial charge >= 0.3 is 11.9 Å². The van der Waals surface area contributed by atoms with Gasteiger partial charge in [-0.2, -0.15) is 0 Å². The van der Waals surface area contributed by atoms with E-state index in [9.17, 15) is 14.7 Å². The van der Waals surface area contributed by atoms with E-state index in [1.54, 1.807) is 20.8 Å². The van der Waals surface area contributed by atoms with Gasteiger partial charge in [-0.05, 0) is 51.5 Å². The second-order valence-electron chi connectivity index (χ2n) is 8.34. The van der Waals surface area contributed by atoms with Crippen molar-refractivity contribution >= 4 is 11.9 Å². The predicted octanol–water partition coefficient (Wildman–Crippen LogP) is 4.12. The van der Waals surface area contributed by atoms with Crippen LogP contribution in [0.3, 0.4) is 0 Å². The molecule has 5 heteroatoms. The van der Waals surface area contributed by atoms with E-state index in [-0.39, 0.29) is 25.1 Å². The number of carbonyl (C=O) groups is 2. The second kappa shape index (κ2) is 11.1. The summed E-state index contributed by atoms with van der Waals surface area (Å²) in [5, 5.41) is 9.22. The number of esters is 2. The predicted molar refractivity (Wildman–Crippen MR) is 105 cm³/mol. The summed E-state index contributed by atoms with van der Waals surface area (Å²) >= 11 is 0. The summed E-state index contributed by atoms with van der Waals surface area (Å²) in [6.45, 7) is 9.57.